The van der Waals surface area contributed by atoms with Gasteiger partial charge < -0.3 is 5.11 Å². The first-order valence-electron chi connectivity index (χ1n) is 2.09. The maximum Gasteiger partial charge on any atom is 0.457 e. The summed E-state index contributed by atoms with van der Waals surface area (Å²) in [5.74, 6) is 0. The Morgan fingerprint density at radius 1 is 1.50 bits per heavy atom. The van der Waals surface area contributed by atoms with E-state index in [1.54, 1.807) is 0 Å². The van der Waals surface area contributed by atoms with E-state index in [9.17, 15) is 4.79 Å². The van der Waals surface area contributed by atoms with Crippen LogP contribution in [0.4, 0.5) is 4.79 Å². The van der Waals surface area contributed by atoms with Crippen LogP contribution in [0.15, 0.2) is 0 Å². The number of hydrogen-bond donors (Lipinski definition) is 1. The van der Waals surface area contributed by atoms with Gasteiger partial charge in [-0.1, -0.05) is 0 Å². The van der Waals surface area contributed by atoms with Gasteiger partial charge in [-0.05, 0) is 5.23 Å². The lowest BCUT2D eigenvalue weighted by molar-refractivity contribution is -0.261. The van der Waals surface area contributed by atoms with Gasteiger partial charge in [0.1, 0.15) is 13.2 Å². The van der Waals surface area contributed by atoms with Crippen LogP contribution in [0.1, 0.15) is 0 Å². The van der Waals surface area contributed by atoms with Gasteiger partial charge in [0.25, 0.3) is 0 Å². The highest BCUT2D eigenvalue weighted by atomic mass is 17.0. The number of nitrogens with zero attached hydrogens (tertiary/aromatic N) is 1. The molecule has 1 amide bonds. The molecule has 8 heavy (non-hydrogen) atoms. The molecule has 1 rings (SSSR count). The Balaban J connectivity index is 2.35. The molecular weight excluding hydrogens is 114 g/mol. The fourth-order valence-corrected chi connectivity index (χ4v) is 0.388. The third-order valence-corrected chi connectivity index (χ3v) is 0.657. The SMILES string of the molecule is O=C(O)N1OCCO1. The Hall–Kier alpha value is -0.810. The maximum atomic E-state index is 9.88. The minimum Gasteiger partial charge on any atom is -0.462 e. The van der Waals surface area contributed by atoms with Crippen LogP contribution in [-0.2, 0) is 9.68 Å². The molecule has 1 saturated heterocycles. The molecule has 1 N–H and O–H groups in total. The third kappa shape index (κ3) is 0.877. The lowest BCUT2D eigenvalue weighted by Gasteiger charge is -2.03. The molecule has 0 bridgehead atoms. The van der Waals surface area contributed by atoms with E-state index in [-0.39, 0.29) is 0 Å². The van der Waals surface area contributed by atoms with Crippen molar-refractivity contribution >= 4 is 6.09 Å². The molecule has 46 valence electrons. The number of hydroxylamine groups is 2. The second kappa shape index (κ2) is 1.97. The molecular formula is C3H5NO4. The Bertz CT molecular complexity index is 97.5. The predicted octanol–water partition coefficient (Wildman–Crippen LogP) is -0.157. The van der Waals surface area contributed by atoms with E-state index >= 15 is 0 Å². The van der Waals surface area contributed by atoms with Crippen LogP contribution in [0, 0.1) is 0 Å². The zero-order chi connectivity index (χ0) is 5.98. The average molecular weight is 119 g/mol. The third-order valence-electron chi connectivity index (χ3n) is 0.657. The first kappa shape index (κ1) is 5.33. The summed E-state index contributed by atoms with van der Waals surface area (Å²) < 4.78 is 0. The first-order chi connectivity index (χ1) is 3.80. The number of rotatable bonds is 0. The molecule has 1 aliphatic heterocycles. The van der Waals surface area contributed by atoms with E-state index in [0.29, 0.717) is 18.4 Å². The van der Waals surface area contributed by atoms with Gasteiger partial charge >= 0.3 is 6.09 Å². The van der Waals surface area contributed by atoms with Gasteiger partial charge in [-0.15, -0.1) is 0 Å². The highest BCUT2D eigenvalue weighted by Crippen LogP contribution is 1.99. The van der Waals surface area contributed by atoms with Gasteiger partial charge in [0.2, 0.25) is 0 Å². The molecule has 0 aromatic rings. The number of amides is 1. The van der Waals surface area contributed by atoms with Crippen molar-refractivity contribution in [2.24, 2.45) is 0 Å². The predicted molar refractivity (Wildman–Crippen MR) is 21.8 cm³/mol. The average Bonchev–Trinajstić information content (AvgIpc) is 2.12. The Morgan fingerprint density at radius 2 is 2.00 bits per heavy atom. The van der Waals surface area contributed by atoms with E-state index in [4.69, 9.17) is 5.11 Å². The summed E-state index contributed by atoms with van der Waals surface area (Å²) in [5.41, 5.74) is 0. The van der Waals surface area contributed by atoms with Crippen molar-refractivity contribution in [1.82, 2.24) is 5.23 Å². The van der Waals surface area contributed by atoms with Gasteiger partial charge in [-0.25, -0.2) is 14.5 Å². The van der Waals surface area contributed by atoms with Crippen LogP contribution in [0.25, 0.3) is 0 Å². The van der Waals surface area contributed by atoms with Crippen molar-refractivity contribution in [2.75, 3.05) is 13.2 Å². The fraction of sp³-hybridized carbons (Fsp3) is 0.667. The maximum absolute atomic E-state index is 9.88. The van der Waals surface area contributed by atoms with Crippen molar-refractivity contribution in [3.8, 4) is 0 Å². The minimum absolute atomic E-state index is 0.312. The molecule has 1 fully saturated rings. The van der Waals surface area contributed by atoms with Crippen LogP contribution >= 0.6 is 0 Å². The van der Waals surface area contributed by atoms with E-state index in [2.05, 4.69) is 9.68 Å². The molecule has 5 nitrogen and oxygen atoms in total. The molecule has 1 aliphatic rings. The summed E-state index contributed by atoms with van der Waals surface area (Å²) in [7, 11) is 0. The molecule has 0 spiro atoms. The van der Waals surface area contributed by atoms with Gasteiger partial charge in [-0.2, -0.15) is 0 Å². The first-order valence-corrected chi connectivity index (χ1v) is 2.09. The zero-order valence-electron chi connectivity index (χ0n) is 4.03. The standard InChI is InChI=1S/C3H5NO4/c5-3(6)4-7-1-2-8-4/h1-2H2,(H,5,6). The molecule has 0 aromatic heterocycles. The summed E-state index contributed by atoms with van der Waals surface area (Å²) in [5, 5.41) is 8.53. The summed E-state index contributed by atoms with van der Waals surface area (Å²) in [6.07, 6.45) is -1.22. The van der Waals surface area contributed by atoms with E-state index < -0.39 is 6.09 Å². The molecule has 0 saturated carbocycles. The molecule has 1 heterocycles. The second-order valence-electron chi connectivity index (χ2n) is 1.21. The lowest BCUT2D eigenvalue weighted by Crippen LogP contribution is -2.22. The number of carboxylic acid groups (broad SMARTS) is 1. The Kier molecular flexibility index (Phi) is 1.32. The van der Waals surface area contributed by atoms with Gasteiger partial charge in [0, 0.05) is 0 Å². The van der Waals surface area contributed by atoms with Crippen molar-refractivity contribution in [1.29, 1.82) is 0 Å². The Morgan fingerprint density at radius 3 is 2.25 bits per heavy atom. The van der Waals surface area contributed by atoms with Crippen LogP contribution in [-0.4, -0.2) is 29.6 Å². The van der Waals surface area contributed by atoms with Crippen molar-refractivity contribution < 1.29 is 19.6 Å². The quantitative estimate of drug-likeness (QED) is 0.481. The van der Waals surface area contributed by atoms with Crippen molar-refractivity contribution in [2.45, 2.75) is 0 Å². The fourth-order valence-electron chi connectivity index (χ4n) is 0.388. The molecule has 0 unspecified atom stereocenters. The van der Waals surface area contributed by atoms with E-state index in [1.807, 2.05) is 0 Å². The molecule has 0 aromatic carbocycles. The van der Waals surface area contributed by atoms with Crippen molar-refractivity contribution in [3.63, 3.8) is 0 Å². The number of hydrogen-bond acceptors (Lipinski definition) is 3. The summed E-state index contributed by atoms with van der Waals surface area (Å²) in [6.45, 7) is 0.624. The second-order valence-corrected chi connectivity index (χ2v) is 1.21. The van der Waals surface area contributed by atoms with E-state index in [0.717, 1.165) is 0 Å². The van der Waals surface area contributed by atoms with Crippen LogP contribution in [0.3, 0.4) is 0 Å². The normalized spacial score (nSPS) is 19.2. The Labute approximate surface area is 45.3 Å². The molecule has 0 atom stereocenters. The highest BCUT2D eigenvalue weighted by Gasteiger charge is 2.18. The van der Waals surface area contributed by atoms with Crippen LogP contribution in [0.2, 0.25) is 0 Å². The van der Waals surface area contributed by atoms with Gasteiger partial charge in [-0.3, -0.25) is 0 Å². The van der Waals surface area contributed by atoms with Crippen LogP contribution in [0.5, 0.6) is 0 Å². The van der Waals surface area contributed by atoms with Crippen LogP contribution < -0.4 is 0 Å². The summed E-state index contributed by atoms with van der Waals surface area (Å²) >= 11 is 0. The van der Waals surface area contributed by atoms with Gasteiger partial charge in [0.05, 0.1) is 0 Å². The zero-order valence-corrected chi connectivity index (χ0v) is 4.03. The van der Waals surface area contributed by atoms with Gasteiger partial charge in [0.15, 0.2) is 0 Å². The minimum atomic E-state index is -1.22. The summed E-state index contributed by atoms with van der Waals surface area (Å²) in [4.78, 5) is 18.7. The lowest BCUT2D eigenvalue weighted by atomic mass is 10.8. The van der Waals surface area contributed by atoms with E-state index in [1.165, 1.54) is 0 Å². The monoisotopic (exact) mass is 119 g/mol. The topological polar surface area (TPSA) is 59.0 Å². The smallest absolute Gasteiger partial charge is 0.457 e. The molecule has 0 radical (unpaired) electrons. The van der Waals surface area contributed by atoms with Crippen molar-refractivity contribution in [3.05, 3.63) is 0 Å². The number of carbonyl (C=O) groups is 1. The largest absolute Gasteiger partial charge is 0.462 e. The molecule has 0 aliphatic carbocycles. The summed E-state index contributed by atoms with van der Waals surface area (Å²) in [6, 6.07) is 0. The molecule has 5 heteroatoms. The highest BCUT2D eigenvalue weighted by molar-refractivity contribution is 5.62.